The van der Waals surface area contributed by atoms with Crippen molar-refractivity contribution < 1.29 is 24.3 Å². The molecule has 0 aliphatic heterocycles. The van der Waals surface area contributed by atoms with Crippen LogP contribution in [-0.4, -0.2) is 40.8 Å². The number of hydrogen-bond donors (Lipinski definition) is 3. The molecular formula is C19H24N2O5. The third-order valence-corrected chi connectivity index (χ3v) is 4.53. The molecule has 1 saturated carbocycles. The number of benzene rings is 1. The van der Waals surface area contributed by atoms with Crippen molar-refractivity contribution in [2.24, 2.45) is 5.92 Å². The number of carbonyl (C=O) groups is 4. The quantitative estimate of drug-likeness (QED) is 0.673. The van der Waals surface area contributed by atoms with E-state index in [9.17, 15) is 24.3 Å². The zero-order chi connectivity index (χ0) is 19.1. The van der Waals surface area contributed by atoms with Gasteiger partial charge in [0.05, 0.1) is 0 Å². The maximum atomic E-state index is 12.6. The van der Waals surface area contributed by atoms with Gasteiger partial charge in [-0.2, -0.15) is 0 Å². The van der Waals surface area contributed by atoms with Crippen LogP contribution in [0.25, 0.3) is 0 Å². The van der Waals surface area contributed by atoms with Gasteiger partial charge in [0, 0.05) is 26.2 Å². The maximum absolute atomic E-state index is 12.6. The van der Waals surface area contributed by atoms with Gasteiger partial charge < -0.3 is 15.7 Å². The van der Waals surface area contributed by atoms with Crippen molar-refractivity contribution in [3.8, 4) is 0 Å². The summed E-state index contributed by atoms with van der Waals surface area (Å²) in [7, 11) is 0. The largest absolute Gasteiger partial charge is 0.480 e. The first-order chi connectivity index (χ1) is 12.4. The molecule has 2 rings (SSSR count). The minimum Gasteiger partial charge on any atom is -0.480 e. The smallest absolute Gasteiger partial charge is 0.326 e. The fourth-order valence-electron chi connectivity index (χ4n) is 3.28. The van der Waals surface area contributed by atoms with Gasteiger partial charge in [0.1, 0.15) is 17.9 Å². The highest BCUT2D eigenvalue weighted by atomic mass is 16.4. The Kier molecular flexibility index (Phi) is 6.89. The van der Waals surface area contributed by atoms with Crippen LogP contribution in [0.15, 0.2) is 30.3 Å². The van der Waals surface area contributed by atoms with Gasteiger partial charge in [0.2, 0.25) is 11.8 Å². The second kappa shape index (κ2) is 9.12. The minimum absolute atomic E-state index is 0.0180. The molecule has 0 spiro atoms. The van der Waals surface area contributed by atoms with Crippen LogP contribution in [0.1, 0.15) is 38.2 Å². The molecule has 1 aliphatic rings. The molecule has 0 aromatic heterocycles. The average molecular weight is 360 g/mol. The normalized spacial score (nSPS) is 19.3. The number of rotatable bonds is 7. The summed E-state index contributed by atoms with van der Waals surface area (Å²) in [5.41, 5.74) is 0.848. The fraction of sp³-hybridized carbons (Fsp3) is 0.474. The summed E-state index contributed by atoms with van der Waals surface area (Å²) in [6, 6.07) is 7.14. The molecule has 26 heavy (non-hydrogen) atoms. The molecule has 1 aliphatic carbocycles. The second-order valence-corrected chi connectivity index (χ2v) is 6.66. The highest BCUT2D eigenvalue weighted by molar-refractivity contribution is 5.90. The van der Waals surface area contributed by atoms with E-state index in [4.69, 9.17) is 0 Å². The summed E-state index contributed by atoms with van der Waals surface area (Å²) < 4.78 is 0. The standard InChI is InChI=1S/C19H24N2O5/c1-12(22)20-16(10-13-6-3-2-4-7-13)18(24)21-17(19(25)26)14-8-5-9-15(23)11-14/h2-4,6-7,14,16-17H,5,8-11H2,1H3,(H,20,22)(H,21,24)(H,25,26)/t14-,16-,17+/m0/s1. The van der Waals surface area contributed by atoms with Gasteiger partial charge in [0.25, 0.3) is 0 Å². The zero-order valence-corrected chi connectivity index (χ0v) is 14.7. The first-order valence-electron chi connectivity index (χ1n) is 8.72. The number of Topliss-reactive ketones (excluding diaryl/α,β-unsaturated/α-hetero) is 1. The Hall–Kier alpha value is -2.70. The molecule has 0 bridgehead atoms. The van der Waals surface area contributed by atoms with Gasteiger partial charge in [-0.1, -0.05) is 30.3 Å². The Morgan fingerprint density at radius 1 is 1.19 bits per heavy atom. The second-order valence-electron chi connectivity index (χ2n) is 6.66. The Balaban J connectivity index is 2.10. The van der Waals surface area contributed by atoms with E-state index in [0.29, 0.717) is 19.3 Å². The first-order valence-corrected chi connectivity index (χ1v) is 8.72. The molecule has 0 saturated heterocycles. The molecule has 7 heteroatoms. The molecule has 2 amide bonds. The van der Waals surface area contributed by atoms with E-state index in [0.717, 1.165) is 5.56 Å². The molecule has 1 aromatic carbocycles. The van der Waals surface area contributed by atoms with Gasteiger partial charge in [-0.3, -0.25) is 14.4 Å². The van der Waals surface area contributed by atoms with E-state index in [1.54, 1.807) is 0 Å². The zero-order valence-electron chi connectivity index (χ0n) is 14.7. The molecule has 1 aromatic rings. The summed E-state index contributed by atoms with van der Waals surface area (Å²) in [6.07, 6.45) is 2.07. The summed E-state index contributed by atoms with van der Waals surface area (Å²) >= 11 is 0. The van der Waals surface area contributed by atoms with Crippen LogP contribution in [0.5, 0.6) is 0 Å². The third kappa shape index (κ3) is 5.68. The lowest BCUT2D eigenvalue weighted by Crippen LogP contribution is -2.54. The Bertz CT molecular complexity index is 674. The fourth-order valence-corrected chi connectivity index (χ4v) is 3.28. The molecule has 0 unspecified atom stereocenters. The van der Waals surface area contributed by atoms with E-state index < -0.39 is 29.9 Å². The molecule has 140 valence electrons. The van der Waals surface area contributed by atoms with Crippen LogP contribution >= 0.6 is 0 Å². The summed E-state index contributed by atoms with van der Waals surface area (Å²) in [4.78, 5) is 47.4. The highest BCUT2D eigenvalue weighted by Gasteiger charge is 2.35. The molecule has 0 heterocycles. The number of ketones is 1. The number of aliphatic carboxylic acids is 1. The van der Waals surface area contributed by atoms with Crippen molar-refractivity contribution in [2.75, 3.05) is 0 Å². The van der Waals surface area contributed by atoms with Crippen LogP contribution in [0.2, 0.25) is 0 Å². The number of amides is 2. The van der Waals surface area contributed by atoms with Crippen molar-refractivity contribution in [1.82, 2.24) is 10.6 Å². The molecule has 3 N–H and O–H groups in total. The van der Waals surface area contributed by atoms with Crippen LogP contribution in [0.3, 0.4) is 0 Å². The number of carboxylic acids is 1. The number of hydrogen-bond acceptors (Lipinski definition) is 4. The van der Waals surface area contributed by atoms with E-state index in [2.05, 4.69) is 10.6 Å². The Morgan fingerprint density at radius 3 is 2.46 bits per heavy atom. The van der Waals surface area contributed by atoms with E-state index in [1.807, 2.05) is 30.3 Å². The van der Waals surface area contributed by atoms with E-state index in [-0.39, 0.29) is 24.5 Å². The lowest BCUT2D eigenvalue weighted by Gasteiger charge is -2.29. The predicted molar refractivity (Wildman–Crippen MR) is 94.3 cm³/mol. The van der Waals surface area contributed by atoms with Crippen molar-refractivity contribution in [2.45, 2.75) is 51.1 Å². The van der Waals surface area contributed by atoms with Crippen molar-refractivity contribution in [3.63, 3.8) is 0 Å². The van der Waals surface area contributed by atoms with Gasteiger partial charge in [-0.05, 0) is 24.3 Å². The molecular weight excluding hydrogens is 336 g/mol. The van der Waals surface area contributed by atoms with Crippen LogP contribution in [0.4, 0.5) is 0 Å². The Morgan fingerprint density at radius 2 is 1.88 bits per heavy atom. The topological polar surface area (TPSA) is 113 Å². The van der Waals surface area contributed by atoms with Crippen LogP contribution < -0.4 is 10.6 Å². The summed E-state index contributed by atoms with van der Waals surface area (Å²) in [6.45, 7) is 1.31. The third-order valence-electron chi connectivity index (χ3n) is 4.53. The monoisotopic (exact) mass is 360 g/mol. The number of carboxylic acid groups (broad SMARTS) is 1. The molecule has 3 atom stereocenters. The number of nitrogens with one attached hydrogen (secondary N) is 2. The first kappa shape index (κ1) is 19.6. The maximum Gasteiger partial charge on any atom is 0.326 e. The van der Waals surface area contributed by atoms with Crippen molar-refractivity contribution in [3.05, 3.63) is 35.9 Å². The SMILES string of the molecule is CC(=O)N[C@@H](Cc1ccccc1)C(=O)N[C@@H](C(=O)O)[C@H]1CCCC(=O)C1. The minimum atomic E-state index is -1.17. The lowest BCUT2D eigenvalue weighted by atomic mass is 9.83. The van der Waals surface area contributed by atoms with E-state index >= 15 is 0 Å². The van der Waals surface area contributed by atoms with Crippen molar-refractivity contribution >= 4 is 23.6 Å². The lowest BCUT2D eigenvalue weighted by molar-refractivity contribution is -0.144. The molecule has 1 fully saturated rings. The van der Waals surface area contributed by atoms with Gasteiger partial charge in [-0.15, -0.1) is 0 Å². The number of carbonyl (C=O) groups excluding carboxylic acids is 3. The molecule has 0 radical (unpaired) electrons. The van der Waals surface area contributed by atoms with Crippen LogP contribution in [-0.2, 0) is 25.6 Å². The van der Waals surface area contributed by atoms with Gasteiger partial charge >= 0.3 is 5.97 Å². The average Bonchev–Trinajstić information content (AvgIpc) is 2.59. The summed E-state index contributed by atoms with van der Waals surface area (Å²) in [5, 5.41) is 14.6. The van der Waals surface area contributed by atoms with Crippen molar-refractivity contribution in [1.29, 1.82) is 0 Å². The van der Waals surface area contributed by atoms with Crippen LogP contribution in [0, 0.1) is 5.92 Å². The van der Waals surface area contributed by atoms with E-state index in [1.165, 1.54) is 6.92 Å². The van der Waals surface area contributed by atoms with Gasteiger partial charge in [0.15, 0.2) is 0 Å². The highest BCUT2D eigenvalue weighted by Crippen LogP contribution is 2.24. The summed E-state index contributed by atoms with van der Waals surface area (Å²) in [5.74, 6) is -2.51. The molecule has 7 nitrogen and oxygen atoms in total. The van der Waals surface area contributed by atoms with Gasteiger partial charge in [-0.25, -0.2) is 4.79 Å². The predicted octanol–water partition coefficient (Wildman–Crippen LogP) is 1.06. The Labute approximate surface area is 152 Å².